The van der Waals surface area contributed by atoms with E-state index in [0.717, 1.165) is 12.8 Å². The van der Waals surface area contributed by atoms with E-state index in [9.17, 15) is 9.36 Å². The van der Waals surface area contributed by atoms with Gasteiger partial charge in [0, 0.05) is 35.0 Å². The molecule has 2 rings (SSSR count). The van der Waals surface area contributed by atoms with E-state index in [1.54, 1.807) is 0 Å². The van der Waals surface area contributed by atoms with Crippen molar-refractivity contribution in [3.8, 4) is 0 Å². The van der Waals surface area contributed by atoms with Gasteiger partial charge >= 0.3 is 13.0 Å². The Morgan fingerprint density at radius 3 is 1.82 bits per heavy atom. The molecular formula is C29H52BrClNO6P. The van der Waals surface area contributed by atoms with Gasteiger partial charge in [-0.05, 0) is 6.42 Å². The topological polar surface area (TPSA) is 83.1 Å². The summed E-state index contributed by atoms with van der Waals surface area (Å²) in [6.45, 7) is -0.236. The number of halogens is 2. The van der Waals surface area contributed by atoms with E-state index in [1.807, 2.05) is 12.2 Å². The Hall–Kier alpha value is -0.110. The molecule has 0 aromatic rings. The number of fused-ring (bicyclic) bond motifs is 2. The number of hydrogen-bond acceptors (Lipinski definition) is 6. The van der Waals surface area contributed by atoms with Gasteiger partial charge in [-0.1, -0.05) is 131 Å². The van der Waals surface area contributed by atoms with Crippen LogP contribution in [0.5, 0.6) is 0 Å². The highest BCUT2D eigenvalue weighted by Gasteiger charge is 2.47. The Balaban J connectivity index is 1.42. The molecule has 0 aromatic carbocycles. The van der Waals surface area contributed by atoms with Crippen molar-refractivity contribution < 1.29 is 27.9 Å². The minimum atomic E-state index is -3.65. The molecule has 1 saturated heterocycles. The molecule has 228 valence electrons. The van der Waals surface area contributed by atoms with E-state index in [0.29, 0.717) is 11.9 Å². The predicted octanol–water partition coefficient (Wildman–Crippen LogP) is 9.32. The largest absolute Gasteiger partial charge is 0.449 e. The van der Waals surface area contributed by atoms with Crippen LogP contribution in [0, 0.1) is 11.8 Å². The summed E-state index contributed by atoms with van der Waals surface area (Å²) in [6, 6.07) is 0. The van der Waals surface area contributed by atoms with E-state index >= 15 is 0 Å². The summed E-state index contributed by atoms with van der Waals surface area (Å²) in [7, 11) is 0. The molecule has 2 bridgehead atoms. The van der Waals surface area contributed by atoms with Crippen LogP contribution < -0.4 is 5.32 Å². The maximum Gasteiger partial charge on any atom is 0.424 e. The lowest BCUT2D eigenvalue weighted by molar-refractivity contribution is 0.0831. The van der Waals surface area contributed by atoms with Crippen LogP contribution in [0.3, 0.4) is 0 Å². The second-order valence-corrected chi connectivity index (χ2v) is 14.3. The fourth-order valence-electron chi connectivity index (χ4n) is 5.34. The number of unbranched alkanes of at least 4 members (excludes halogenated alkanes) is 15. The highest BCUT2D eigenvalue weighted by molar-refractivity contribution is 9.09. The highest BCUT2D eigenvalue weighted by Crippen LogP contribution is 2.55. The van der Waals surface area contributed by atoms with Gasteiger partial charge in [0.05, 0.1) is 32.0 Å². The lowest BCUT2D eigenvalue weighted by Crippen LogP contribution is -2.34. The molecule has 39 heavy (non-hydrogen) atoms. The molecule has 2 aliphatic rings. The van der Waals surface area contributed by atoms with Crippen LogP contribution in [0.15, 0.2) is 12.2 Å². The monoisotopic (exact) mass is 655 g/mol. The van der Waals surface area contributed by atoms with Crippen molar-refractivity contribution in [3.63, 3.8) is 0 Å². The molecule has 0 aliphatic carbocycles. The lowest BCUT2D eigenvalue weighted by Gasteiger charge is -2.25. The number of rotatable bonds is 25. The van der Waals surface area contributed by atoms with E-state index in [4.69, 9.17) is 29.8 Å². The molecule has 0 spiro atoms. The molecule has 7 nitrogen and oxygen atoms in total. The minimum absolute atomic E-state index is 0.0749. The number of alkyl carbamates (subject to hydrolysis) is 1. The smallest absolute Gasteiger partial charge is 0.424 e. The molecular weight excluding hydrogens is 605 g/mol. The molecule has 1 amide bonds. The molecule has 0 radical (unpaired) electrons. The number of ether oxygens (including phenoxy) is 2. The molecule has 2 aliphatic heterocycles. The van der Waals surface area contributed by atoms with Crippen LogP contribution in [-0.2, 0) is 23.1 Å². The van der Waals surface area contributed by atoms with Gasteiger partial charge in [-0.15, -0.1) is 0 Å². The van der Waals surface area contributed by atoms with Crippen molar-refractivity contribution in [2.45, 2.75) is 122 Å². The van der Waals surface area contributed by atoms with Gasteiger partial charge in [-0.2, -0.15) is 0 Å². The van der Waals surface area contributed by atoms with Crippen LogP contribution >= 0.6 is 34.1 Å². The second kappa shape index (κ2) is 21.6. The average molecular weight is 657 g/mol. The summed E-state index contributed by atoms with van der Waals surface area (Å²) in [6.07, 6.45) is 24.4. The Bertz CT molecular complexity index is 730. The molecule has 1 N–H and O–H groups in total. The zero-order valence-electron chi connectivity index (χ0n) is 24.0. The standard InChI is InChI=1S/C29H52BrClNO6P/c1-2-3-4-5-6-7-8-9-10-11-12-13-14-15-16-17-21-32-29(33)35-23-25-26(28-19-18-27(25)38-28)24-37-39(31,34)36-22-20-30/h18-19,25-28H,2-17,20-24H2,1H3,(H,32,33)/t25-,26+,27+,28-,39?/m0/s1. The van der Waals surface area contributed by atoms with Crippen molar-refractivity contribution in [1.29, 1.82) is 0 Å². The average Bonchev–Trinajstić information content (AvgIpc) is 3.53. The molecule has 10 heteroatoms. The first-order valence-electron chi connectivity index (χ1n) is 15.4. The lowest BCUT2D eigenvalue weighted by atomic mass is 9.84. The van der Waals surface area contributed by atoms with Crippen LogP contribution in [0.2, 0.25) is 0 Å². The van der Waals surface area contributed by atoms with Crippen molar-refractivity contribution in [1.82, 2.24) is 5.32 Å². The molecule has 0 saturated carbocycles. The minimum Gasteiger partial charge on any atom is -0.449 e. The third kappa shape index (κ3) is 15.6. The second-order valence-electron chi connectivity index (χ2n) is 10.9. The molecule has 0 aromatic heterocycles. The normalized spacial score (nSPS) is 23.3. The number of carbonyl (C=O) groups excluding carboxylic acids is 1. The first-order valence-corrected chi connectivity index (χ1v) is 18.9. The van der Waals surface area contributed by atoms with Crippen molar-refractivity contribution >= 4 is 40.2 Å². The first kappa shape index (κ1) is 35.1. The number of alkyl halides is 1. The summed E-state index contributed by atoms with van der Waals surface area (Å²) in [5.74, 6) is -0.179. The summed E-state index contributed by atoms with van der Waals surface area (Å²) in [4.78, 5) is 12.2. The van der Waals surface area contributed by atoms with Gasteiger partial charge in [-0.25, -0.2) is 9.36 Å². The summed E-state index contributed by atoms with van der Waals surface area (Å²) < 4.78 is 34.0. The van der Waals surface area contributed by atoms with Gasteiger partial charge in [-0.3, -0.25) is 9.05 Å². The Morgan fingerprint density at radius 2 is 1.31 bits per heavy atom. The highest BCUT2D eigenvalue weighted by atomic mass is 79.9. The van der Waals surface area contributed by atoms with E-state index in [2.05, 4.69) is 28.2 Å². The quantitative estimate of drug-likeness (QED) is 0.0456. The summed E-state index contributed by atoms with van der Waals surface area (Å²) in [5, 5.41) is 3.37. The zero-order chi connectivity index (χ0) is 28.2. The SMILES string of the molecule is CCCCCCCCCCCCCCCCCCNC(=O)OC[C@H]1[C@@H](COP(=O)(Cl)OCCBr)[C@@H]2C=C[C@H]1O2. The fourth-order valence-corrected chi connectivity index (χ4v) is 6.87. The first-order chi connectivity index (χ1) is 19.0. The van der Waals surface area contributed by atoms with Gasteiger partial charge in [0.25, 0.3) is 0 Å². The number of nitrogens with one attached hydrogen (secondary N) is 1. The third-order valence-electron chi connectivity index (χ3n) is 7.65. The maximum atomic E-state index is 12.2. The van der Waals surface area contributed by atoms with Gasteiger partial charge < -0.3 is 14.8 Å². The predicted molar refractivity (Wildman–Crippen MR) is 163 cm³/mol. The van der Waals surface area contributed by atoms with Gasteiger partial charge in [0.15, 0.2) is 0 Å². The van der Waals surface area contributed by atoms with Crippen LogP contribution in [0.4, 0.5) is 4.79 Å². The Kier molecular flexibility index (Phi) is 19.4. The van der Waals surface area contributed by atoms with Crippen molar-refractivity contribution in [2.75, 3.05) is 31.7 Å². The van der Waals surface area contributed by atoms with Crippen molar-refractivity contribution in [3.05, 3.63) is 12.2 Å². The number of hydrogen-bond donors (Lipinski definition) is 1. The maximum absolute atomic E-state index is 12.2. The Labute approximate surface area is 250 Å². The van der Waals surface area contributed by atoms with E-state index < -0.39 is 13.0 Å². The molecule has 1 unspecified atom stereocenters. The number of amides is 1. The van der Waals surface area contributed by atoms with Gasteiger partial charge in [0.1, 0.15) is 0 Å². The van der Waals surface area contributed by atoms with E-state index in [1.165, 1.54) is 89.9 Å². The van der Waals surface area contributed by atoms with Crippen LogP contribution in [-0.4, -0.2) is 50.0 Å². The Morgan fingerprint density at radius 1 is 0.821 bits per heavy atom. The van der Waals surface area contributed by atoms with E-state index in [-0.39, 0.29) is 43.9 Å². The molecule has 2 heterocycles. The van der Waals surface area contributed by atoms with Gasteiger partial charge in [0.2, 0.25) is 0 Å². The van der Waals surface area contributed by atoms with Crippen molar-refractivity contribution in [2.24, 2.45) is 11.8 Å². The number of carbonyl (C=O) groups is 1. The summed E-state index contributed by atoms with van der Waals surface area (Å²) >= 11 is 9.07. The summed E-state index contributed by atoms with van der Waals surface area (Å²) in [5.41, 5.74) is 0. The molecule has 5 atom stereocenters. The van der Waals surface area contributed by atoms with Crippen LogP contribution in [0.25, 0.3) is 0 Å². The fraction of sp³-hybridized carbons (Fsp3) is 0.897. The third-order valence-corrected chi connectivity index (χ3v) is 9.51. The zero-order valence-corrected chi connectivity index (χ0v) is 27.2. The van der Waals surface area contributed by atoms with Crippen LogP contribution in [0.1, 0.15) is 110 Å². The molecule has 1 fully saturated rings.